The van der Waals surface area contributed by atoms with Crippen molar-refractivity contribution in [1.29, 1.82) is 0 Å². The first kappa shape index (κ1) is 33.2. The third-order valence-corrected chi connectivity index (χ3v) is 10.8. The van der Waals surface area contributed by atoms with E-state index in [1.165, 1.54) is 60.8 Å². The fourth-order valence-electron chi connectivity index (χ4n) is 8.23. The van der Waals surface area contributed by atoms with Crippen molar-refractivity contribution < 1.29 is 0 Å². The lowest BCUT2D eigenvalue weighted by molar-refractivity contribution is 1.18. The van der Waals surface area contributed by atoms with Gasteiger partial charge in [-0.25, -0.2) is 0 Å². The van der Waals surface area contributed by atoms with Crippen LogP contribution in [0.5, 0.6) is 0 Å². The molecule has 2 heteroatoms. The SMILES string of the molecule is c1ccc(-c2ccc(N(c3ccc(-c4ccccc4-c4ccccc4-n4c5ccccc5c5ccccc54)cc3)c3ccccc3-c3ccccc3)cc2)cc1. The lowest BCUT2D eigenvalue weighted by atomic mass is 9.93. The molecule has 10 rings (SSSR count). The average Bonchev–Trinajstić information content (AvgIpc) is 3.62. The second-order valence-corrected chi connectivity index (χ2v) is 14.1. The fourth-order valence-corrected chi connectivity index (χ4v) is 8.23. The maximum absolute atomic E-state index is 2.42. The van der Waals surface area contributed by atoms with E-state index in [2.05, 4.69) is 240 Å². The van der Waals surface area contributed by atoms with E-state index in [1.807, 2.05) is 0 Å². The summed E-state index contributed by atoms with van der Waals surface area (Å²) in [6, 6.07) is 83.0. The van der Waals surface area contributed by atoms with Gasteiger partial charge in [0.15, 0.2) is 0 Å². The van der Waals surface area contributed by atoms with Crippen LogP contribution in [-0.2, 0) is 0 Å². The average molecular weight is 715 g/mol. The van der Waals surface area contributed by atoms with Gasteiger partial charge in [0.1, 0.15) is 0 Å². The predicted molar refractivity (Wildman–Crippen MR) is 237 cm³/mol. The molecule has 0 radical (unpaired) electrons. The molecule has 0 saturated carbocycles. The van der Waals surface area contributed by atoms with Crippen molar-refractivity contribution in [2.75, 3.05) is 4.90 Å². The third kappa shape index (κ3) is 5.95. The minimum atomic E-state index is 1.09. The number of rotatable bonds is 8. The standard InChI is InChI=1S/C54H38N2/c1-3-17-39(18-4-1)40-31-35-43(36-32-40)55(51-27-13-9-22-46(51)41-19-5-2-6-20-41)44-37-33-42(34-38-44)45-21-7-8-23-47(45)48-24-10-14-28-52(48)56-53-29-15-11-25-49(53)50-26-12-16-30-54(50)56/h1-38H. The number of hydrogen-bond donors (Lipinski definition) is 0. The number of fused-ring (bicyclic) bond motifs is 3. The summed E-state index contributed by atoms with van der Waals surface area (Å²) in [5.74, 6) is 0. The molecule has 0 bridgehead atoms. The van der Waals surface area contributed by atoms with Gasteiger partial charge in [0.2, 0.25) is 0 Å². The Hall–Kier alpha value is -7.42. The Morgan fingerprint density at radius 3 is 1.30 bits per heavy atom. The summed E-state index contributed by atoms with van der Waals surface area (Å²) in [7, 11) is 0. The number of para-hydroxylation sites is 4. The molecule has 1 aromatic heterocycles. The van der Waals surface area contributed by atoms with E-state index >= 15 is 0 Å². The molecule has 0 N–H and O–H groups in total. The first-order valence-corrected chi connectivity index (χ1v) is 19.2. The van der Waals surface area contributed by atoms with E-state index in [-0.39, 0.29) is 0 Å². The van der Waals surface area contributed by atoms with Crippen molar-refractivity contribution in [3.05, 3.63) is 231 Å². The van der Waals surface area contributed by atoms with E-state index in [0.29, 0.717) is 0 Å². The lowest BCUT2D eigenvalue weighted by Crippen LogP contribution is -2.11. The Labute approximate surface area is 327 Å². The van der Waals surface area contributed by atoms with Crippen LogP contribution in [0.15, 0.2) is 231 Å². The van der Waals surface area contributed by atoms with Gasteiger partial charge in [-0.05, 0) is 81.9 Å². The normalized spacial score (nSPS) is 11.2. The Kier molecular flexibility index (Phi) is 8.55. The number of benzene rings is 9. The van der Waals surface area contributed by atoms with Gasteiger partial charge in [0.05, 0.1) is 22.4 Å². The van der Waals surface area contributed by atoms with E-state index < -0.39 is 0 Å². The molecule has 0 aliphatic carbocycles. The summed E-state index contributed by atoms with van der Waals surface area (Å²) in [6.45, 7) is 0. The molecule has 9 aromatic carbocycles. The van der Waals surface area contributed by atoms with Gasteiger partial charge >= 0.3 is 0 Å². The number of nitrogens with zero attached hydrogens (tertiary/aromatic N) is 2. The van der Waals surface area contributed by atoms with Gasteiger partial charge in [0, 0.05) is 33.3 Å². The minimum absolute atomic E-state index is 1.09. The van der Waals surface area contributed by atoms with Gasteiger partial charge in [-0.1, -0.05) is 182 Å². The monoisotopic (exact) mass is 714 g/mol. The van der Waals surface area contributed by atoms with Gasteiger partial charge in [-0.15, -0.1) is 0 Å². The minimum Gasteiger partial charge on any atom is -0.310 e. The molecule has 56 heavy (non-hydrogen) atoms. The lowest BCUT2D eigenvalue weighted by Gasteiger charge is -2.28. The highest BCUT2D eigenvalue weighted by atomic mass is 15.1. The quantitative estimate of drug-likeness (QED) is 0.152. The second kappa shape index (κ2) is 14.4. The zero-order chi connectivity index (χ0) is 37.3. The van der Waals surface area contributed by atoms with Crippen molar-refractivity contribution in [3.8, 4) is 50.2 Å². The molecule has 2 nitrogen and oxygen atoms in total. The molecule has 264 valence electrons. The first-order valence-electron chi connectivity index (χ1n) is 19.2. The molecule has 1 heterocycles. The smallest absolute Gasteiger partial charge is 0.0541 e. The van der Waals surface area contributed by atoms with Crippen LogP contribution in [0.3, 0.4) is 0 Å². The molecular formula is C54H38N2. The van der Waals surface area contributed by atoms with Gasteiger partial charge < -0.3 is 9.47 Å². The molecule has 0 unspecified atom stereocenters. The zero-order valence-electron chi connectivity index (χ0n) is 30.8. The van der Waals surface area contributed by atoms with Crippen LogP contribution >= 0.6 is 0 Å². The molecule has 0 spiro atoms. The number of anilines is 3. The largest absolute Gasteiger partial charge is 0.310 e. The van der Waals surface area contributed by atoms with E-state index in [1.54, 1.807) is 0 Å². The highest BCUT2D eigenvalue weighted by Crippen LogP contribution is 2.43. The van der Waals surface area contributed by atoms with E-state index in [0.717, 1.165) is 28.3 Å². The summed E-state index contributed by atoms with van der Waals surface area (Å²) in [5, 5.41) is 2.52. The van der Waals surface area contributed by atoms with Gasteiger partial charge in [-0.2, -0.15) is 0 Å². The summed E-state index contributed by atoms with van der Waals surface area (Å²) >= 11 is 0. The van der Waals surface area contributed by atoms with Crippen LogP contribution in [-0.4, -0.2) is 4.57 Å². The van der Waals surface area contributed by atoms with Crippen molar-refractivity contribution >= 4 is 38.9 Å². The second-order valence-electron chi connectivity index (χ2n) is 14.1. The Balaban J connectivity index is 1.09. The van der Waals surface area contributed by atoms with E-state index in [4.69, 9.17) is 0 Å². The molecular weight excluding hydrogens is 677 g/mol. The fraction of sp³-hybridized carbons (Fsp3) is 0. The van der Waals surface area contributed by atoms with Crippen molar-refractivity contribution in [3.63, 3.8) is 0 Å². The summed E-state index contributed by atoms with van der Waals surface area (Å²) in [6.07, 6.45) is 0. The van der Waals surface area contributed by atoms with Crippen molar-refractivity contribution in [2.45, 2.75) is 0 Å². The maximum atomic E-state index is 2.42. The summed E-state index contributed by atoms with van der Waals surface area (Å²) in [5.41, 5.74) is 16.4. The van der Waals surface area contributed by atoms with Crippen LogP contribution in [0.2, 0.25) is 0 Å². The molecule has 0 fully saturated rings. The summed E-state index contributed by atoms with van der Waals surface area (Å²) in [4.78, 5) is 2.38. The summed E-state index contributed by atoms with van der Waals surface area (Å²) < 4.78 is 2.42. The Morgan fingerprint density at radius 1 is 0.268 bits per heavy atom. The van der Waals surface area contributed by atoms with Gasteiger partial charge in [-0.3, -0.25) is 0 Å². The van der Waals surface area contributed by atoms with Crippen LogP contribution in [0.4, 0.5) is 17.1 Å². The Morgan fingerprint density at radius 2 is 0.679 bits per heavy atom. The zero-order valence-corrected chi connectivity index (χ0v) is 30.8. The predicted octanol–water partition coefficient (Wildman–Crippen LogP) is 14.9. The van der Waals surface area contributed by atoms with Crippen molar-refractivity contribution in [2.24, 2.45) is 0 Å². The molecule has 0 atom stereocenters. The topological polar surface area (TPSA) is 8.17 Å². The highest BCUT2D eigenvalue weighted by Gasteiger charge is 2.20. The van der Waals surface area contributed by atoms with Gasteiger partial charge in [0.25, 0.3) is 0 Å². The number of aromatic nitrogens is 1. The van der Waals surface area contributed by atoms with Crippen LogP contribution in [0.1, 0.15) is 0 Å². The Bertz CT molecular complexity index is 2890. The van der Waals surface area contributed by atoms with Crippen LogP contribution in [0, 0.1) is 0 Å². The third-order valence-electron chi connectivity index (χ3n) is 10.8. The molecule has 0 aliphatic heterocycles. The molecule has 0 saturated heterocycles. The van der Waals surface area contributed by atoms with Crippen LogP contribution < -0.4 is 4.90 Å². The molecule has 10 aromatic rings. The molecule has 0 aliphatic rings. The van der Waals surface area contributed by atoms with Crippen LogP contribution in [0.25, 0.3) is 72.0 Å². The van der Waals surface area contributed by atoms with E-state index in [9.17, 15) is 0 Å². The molecule has 0 amide bonds. The highest BCUT2D eigenvalue weighted by molar-refractivity contribution is 6.10. The first-order chi connectivity index (χ1) is 27.8. The maximum Gasteiger partial charge on any atom is 0.0541 e. The number of hydrogen-bond acceptors (Lipinski definition) is 1. The van der Waals surface area contributed by atoms with Crippen molar-refractivity contribution in [1.82, 2.24) is 4.57 Å².